The average Bonchev–Trinajstić information content (AvgIpc) is 2.40. The monoisotopic (exact) mass is 291 g/mol. The quantitative estimate of drug-likeness (QED) is 0.835. The second-order valence-electron chi connectivity index (χ2n) is 5.08. The molecule has 0 unspecified atom stereocenters. The fourth-order valence-corrected chi connectivity index (χ4v) is 2.55. The molecule has 112 valence electrons. The highest BCUT2D eigenvalue weighted by Gasteiger charge is 2.41. The van der Waals surface area contributed by atoms with E-state index in [4.69, 9.17) is 4.74 Å². The second-order valence-corrected chi connectivity index (χ2v) is 5.08. The number of halogens is 4. The molecule has 1 fully saturated rings. The van der Waals surface area contributed by atoms with Crippen LogP contribution in [0.2, 0.25) is 0 Å². The molecule has 1 saturated carbocycles. The lowest BCUT2D eigenvalue weighted by Gasteiger charge is -2.30. The van der Waals surface area contributed by atoms with Crippen LogP contribution >= 0.6 is 0 Å². The molecule has 1 N–H and O–H groups in total. The van der Waals surface area contributed by atoms with Gasteiger partial charge in [-0.3, -0.25) is 0 Å². The molecule has 2 nitrogen and oxygen atoms in total. The zero-order chi connectivity index (χ0) is 14.8. The molecule has 0 aromatic heterocycles. The first-order valence-corrected chi connectivity index (χ1v) is 6.57. The Hall–Kier alpha value is -1.46. The van der Waals surface area contributed by atoms with Crippen molar-refractivity contribution in [1.29, 1.82) is 0 Å². The predicted octanol–water partition coefficient (Wildman–Crippen LogP) is 4.37. The lowest BCUT2D eigenvalue weighted by atomic mass is 9.85. The fourth-order valence-electron chi connectivity index (χ4n) is 2.55. The molecule has 1 aromatic carbocycles. The highest BCUT2D eigenvalue weighted by Crippen LogP contribution is 2.38. The molecule has 1 aromatic rings. The van der Waals surface area contributed by atoms with Crippen molar-refractivity contribution in [3.05, 3.63) is 24.0 Å². The zero-order valence-electron chi connectivity index (χ0n) is 11.1. The van der Waals surface area contributed by atoms with Gasteiger partial charge in [0.15, 0.2) is 11.6 Å². The van der Waals surface area contributed by atoms with Gasteiger partial charge in [-0.15, -0.1) is 0 Å². The molecule has 0 heterocycles. The van der Waals surface area contributed by atoms with Gasteiger partial charge in [0.2, 0.25) is 0 Å². The third kappa shape index (κ3) is 3.55. The van der Waals surface area contributed by atoms with Crippen molar-refractivity contribution in [3.8, 4) is 5.75 Å². The van der Waals surface area contributed by atoms with Crippen LogP contribution < -0.4 is 10.1 Å². The van der Waals surface area contributed by atoms with Crippen LogP contribution in [0.25, 0.3) is 0 Å². The van der Waals surface area contributed by atoms with E-state index in [1.807, 2.05) is 0 Å². The SMILES string of the molecule is COc1cc(NC2CCC(C(F)(F)F)CC2)ccc1F. The summed E-state index contributed by atoms with van der Waals surface area (Å²) in [6.07, 6.45) is -2.89. The van der Waals surface area contributed by atoms with Gasteiger partial charge >= 0.3 is 6.18 Å². The van der Waals surface area contributed by atoms with E-state index in [-0.39, 0.29) is 24.6 Å². The smallest absolute Gasteiger partial charge is 0.391 e. The van der Waals surface area contributed by atoms with Crippen molar-refractivity contribution in [2.24, 2.45) is 5.92 Å². The summed E-state index contributed by atoms with van der Waals surface area (Å²) in [7, 11) is 1.37. The summed E-state index contributed by atoms with van der Waals surface area (Å²) < 4.78 is 55.8. The Labute approximate surface area is 115 Å². The van der Waals surface area contributed by atoms with Crippen LogP contribution in [-0.4, -0.2) is 19.3 Å². The molecule has 0 bridgehead atoms. The predicted molar refractivity (Wildman–Crippen MR) is 68.4 cm³/mol. The van der Waals surface area contributed by atoms with E-state index < -0.39 is 17.9 Å². The van der Waals surface area contributed by atoms with Crippen molar-refractivity contribution >= 4 is 5.69 Å². The Morgan fingerprint density at radius 2 is 1.80 bits per heavy atom. The highest BCUT2D eigenvalue weighted by atomic mass is 19.4. The minimum atomic E-state index is -4.09. The summed E-state index contributed by atoms with van der Waals surface area (Å²) in [6.45, 7) is 0. The van der Waals surface area contributed by atoms with Crippen molar-refractivity contribution < 1.29 is 22.3 Å². The van der Waals surface area contributed by atoms with Crippen LogP contribution in [-0.2, 0) is 0 Å². The number of anilines is 1. The summed E-state index contributed by atoms with van der Waals surface area (Å²) in [4.78, 5) is 0. The van der Waals surface area contributed by atoms with Gasteiger partial charge in [0, 0.05) is 17.8 Å². The molecular weight excluding hydrogens is 274 g/mol. The van der Waals surface area contributed by atoms with E-state index in [1.54, 1.807) is 6.07 Å². The first-order chi connectivity index (χ1) is 9.40. The van der Waals surface area contributed by atoms with Gasteiger partial charge in [-0.05, 0) is 37.8 Å². The van der Waals surface area contributed by atoms with Crippen LogP contribution in [0.1, 0.15) is 25.7 Å². The van der Waals surface area contributed by atoms with E-state index in [0.717, 1.165) is 0 Å². The number of hydrogen-bond acceptors (Lipinski definition) is 2. The maximum atomic E-state index is 13.3. The number of rotatable bonds is 3. The van der Waals surface area contributed by atoms with Gasteiger partial charge in [0.1, 0.15) is 0 Å². The largest absolute Gasteiger partial charge is 0.494 e. The molecule has 0 aliphatic heterocycles. The molecule has 0 atom stereocenters. The maximum Gasteiger partial charge on any atom is 0.391 e. The van der Waals surface area contributed by atoms with Gasteiger partial charge in [0.05, 0.1) is 13.0 Å². The van der Waals surface area contributed by atoms with Crippen LogP contribution in [0.3, 0.4) is 0 Å². The maximum absolute atomic E-state index is 13.3. The molecule has 0 radical (unpaired) electrons. The standard InChI is InChI=1S/C14H17F4NO/c1-20-13-8-11(6-7-12(13)15)19-10-4-2-9(3-5-10)14(16,17)18/h6-10,19H,2-5H2,1H3. The molecule has 1 aliphatic rings. The normalized spacial score (nSPS) is 23.4. The lowest BCUT2D eigenvalue weighted by molar-refractivity contribution is -0.182. The molecular formula is C14H17F4NO. The first kappa shape index (κ1) is 14.9. The van der Waals surface area contributed by atoms with E-state index in [9.17, 15) is 17.6 Å². The van der Waals surface area contributed by atoms with Crippen molar-refractivity contribution in [1.82, 2.24) is 0 Å². The highest BCUT2D eigenvalue weighted by molar-refractivity contribution is 5.49. The Balaban J connectivity index is 1.93. The van der Waals surface area contributed by atoms with Crippen molar-refractivity contribution in [2.45, 2.75) is 37.9 Å². The van der Waals surface area contributed by atoms with Crippen LogP contribution in [0.15, 0.2) is 18.2 Å². The topological polar surface area (TPSA) is 21.3 Å². The Morgan fingerprint density at radius 1 is 1.15 bits per heavy atom. The third-order valence-corrected chi connectivity index (χ3v) is 3.71. The third-order valence-electron chi connectivity index (χ3n) is 3.71. The van der Waals surface area contributed by atoms with Gasteiger partial charge in [-0.2, -0.15) is 13.2 Å². The van der Waals surface area contributed by atoms with Gasteiger partial charge < -0.3 is 10.1 Å². The summed E-state index contributed by atoms with van der Waals surface area (Å²) in [6, 6.07) is 4.35. The van der Waals surface area contributed by atoms with E-state index in [1.165, 1.54) is 19.2 Å². The van der Waals surface area contributed by atoms with Crippen LogP contribution in [0.5, 0.6) is 5.75 Å². The van der Waals surface area contributed by atoms with E-state index in [2.05, 4.69) is 5.32 Å². The lowest BCUT2D eigenvalue weighted by Crippen LogP contribution is -2.32. The zero-order valence-corrected chi connectivity index (χ0v) is 11.1. The van der Waals surface area contributed by atoms with Crippen molar-refractivity contribution in [3.63, 3.8) is 0 Å². The number of ether oxygens (including phenoxy) is 1. The first-order valence-electron chi connectivity index (χ1n) is 6.57. The molecule has 0 spiro atoms. The van der Waals surface area contributed by atoms with Crippen LogP contribution in [0, 0.1) is 11.7 Å². The average molecular weight is 291 g/mol. The van der Waals surface area contributed by atoms with Crippen LogP contribution in [0.4, 0.5) is 23.2 Å². The number of alkyl halides is 3. The summed E-state index contributed by atoms with van der Waals surface area (Å²) in [5.41, 5.74) is 0.665. The van der Waals surface area contributed by atoms with E-state index in [0.29, 0.717) is 18.5 Å². The van der Waals surface area contributed by atoms with Gasteiger partial charge in [0.25, 0.3) is 0 Å². The minimum absolute atomic E-state index is 0.0104. The van der Waals surface area contributed by atoms with Gasteiger partial charge in [-0.25, -0.2) is 4.39 Å². The van der Waals surface area contributed by atoms with Crippen molar-refractivity contribution in [2.75, 3.05) is 12.4 Å². The number of hydrogen-bond donors (Lipinski definition) is 1. The summed E-state index contributed by atoms with van der Waals surface area (Å²) in [5.74, 6) is -1.53. The molecule has 2 rings (SSSR count). The Kier molecular flexibility index (Phi) is 4.40. The fraction of sp³-hybridized carbons (Fsp3) is 0.571. The number of benzene rings is 1. The summed E-state index contributed by atoms with van der Waals surface area (Å²) in [5, 5.41) is 3.14. The molecule has 6 heteroatoms. The molecule has 0 amide bonds. The number of nitrogens with one attached hydrogen (secondary N) is 1. The number of methoxy groups -OCH3 is 1. The minimum Gasteiger partial charge on any atom is -0.494 e. The molecule has 1 aliphatic carbocycles. The molecule has 0 saturated heterocycles. The second kappa shape index (κ2) is 5.89. The van der Waals surface area contributed by atoms with E-state index >= 15 is 0 Å². The Morgan fingerprint density at radius 3 is 2.35 bits per heavy atom. The molecule has 20 heavy (non-hydrogen) atoms. The summed E-state index contributed by atoms with van der Waals surface area (Å²) >= 11 is 0. The Bertz CT molecular complexity index is 453. The van der Waals surface area contributed by atoms with Gasteiger partial charge in [-0.1, -0.05) is 0 Å².